The number of hydrogen-bond acceptors (Lipinski definition) is 7. The predicted octanol–water partition coefficient (Wildman–Crippen LogP) is 6.27. The lowest BCUT2D eigenvalue weighted by Crippen LogP contribution is -2.31. The number of ether oxygens (including phenoxy) is 1. The first-order valence-corrected chi connectivity index (χ1v) is 13.6. The molecule has 1 atom stereocenters. The Morgan fingerprint density at radius 3 is 2.67 bits per heavy atom. The molecule has 2 aromatic carbocycles. The number of para-hydroxylation sites is 2. The summed E-state index contributed by atoms with van der Waals surface area (Å²) in [6, 6.07) is 19.4. The number of nitrogens with zero attached hydrogens (tertiary/aromatic N) is 3. The number of aryl methyl sites for hydroxylation is 1. The molecule has 9 heteroatoms. The van der Waals surface area contributed by atoms with E-state index in [9.17, 15) is 4.79 Å². The van der Waals surface area contributed by atoms with Crippen LogP contribution in [0.4, 0.5) is 11.6 Å². The maximum Gasteiger partial charge on any atom is 0.256 e. The maximum absolute atomic E-state index is 13.8. The summed E-state index contributed by atoms with van der Waals surface area (Å²) < 4.78 is 7.55. The van der Waals surface area contributed by atoms with E-state index in [1.54, 1.807) is 23.1 Å². The quantitative estimate of drug-likeness (QED) is 0.268. The van der Waals surface area contributed by atoms with Crippen LogP contribution in [0.2, 0.25) is 0 Å². The number of aromatic nitrogens is 3. The van der Waals surface area contributed by atoms with Crippen molar-refractivity contribution < 1.29 is 9.53 Å². The number of rotatable bonds is 8. The molecule has 1 aliphatic heterocycles. The van der Waals surface area contributed by atoms with E-state index in [-0.39, 0.29) is 11.9 Å². The first-order valence-electron chi connectivity index (χ1n) is 11.7. The summed E-state index contributed by atoms with van der Waals surface area (Å²) in [6.07, 6.45) is 0. The Morgan fingerprint density at radius 2 is 1.92 bits per heavy atom. The summed E-state index contributed by atoms with van der Waals surface area (Å²) in [6.45, 7) is 6.41. The van der Waals surface area contributed by atoms with Crippen LogP contribution >= 0.6 is 23.1 Å². The molecule has 0 saturated heterocycles. The fourth-order valence-electron chi connectivity index (χ4n) is 4.16. The molecular formula is C27H27N5O2S2. The molecular weight excluding hydrogens is 490 g/mol. The molecule has 1 amide bonds. The van der Waals surface area contributed by atoms with Crippen LogP contribution in [-0.2, 0) is 10.5 Å². The van der Waals surface area contributed by atoms with Crippen LogP contribution in [0.3, 0.4) is 0 Å². The lowest BCUT2D eigenvalue weighted by atomic mass is 9.98. The van der Waals surface area contributed by atoms with Gasteiger partial charge in [0.15, 0.2) is 0 Å². The van der Waals surface area contributed by atoms with Crippen molar-refractivity contribution in [2.24, 2.45) is 0 Å². The van der Waals surface area contributed by atoms with Gasteiger partial charge in [-0.2, -0.15) is 4.98 Å². The van der Waals surface area contributed by atoms with Gasteiger partial charge in [-0.25, -0.2) is 4.68 Å². The second-order valence-electron chi connectivity index (χ2n) is 8.35. The number of fused-ring (bicyclic) bond motifs is 1. The molecule has 5 rings (SSSR count). The summed E-state index contributed by atoms with van der Waals surface area (Å²) >= 11 is 3.19. The number of carbonyl (C=O) groups excluding carboxylic acids is 1. The van der Waals surface area contributed by atoms with E-state index in [2.05, 4.69) is 35.8 Å². The van der Waals surface area contributed by atoms with Crippen molar-refractivity contribution in [1.29, 1.82) is 0 Å². The van der Waals surface area contributed by atoms with Crippen molar-refractivity contribution >= 4 is 40.6 Å². The topological polar surface area (TPSA) is 81.1 Å². The predicted molar refractivity (Wildman–Crippen MR) is 146 cm³/mol. The molecule has 0 bridgehead atoms. The molecule has 2 aromatic heterocycles. The Bertz CT molecular complexity index is 1410. The zero-order valence-electron chi connectivity index (χ0n) is 20.3. The van der Waals surface area contributed by atoms with Gasteiger partial charge in [-0.3, -0.25) is 4.79 Å². The highest BCUT2D eigenvalue weighted by Crippen LogP contribution is 2.40. The highest BCUT2D eigenvalue weighted by Gasteiger charge is 2.36. The Balaban J connectivity index is 1.48. The molecule has 184 valence electrons. The number of carbonyl (C=O) groups is 1. The molecule has 7 nitrogen and oxygen atoms in total. The highest BCUT2D eigenvalue weighted by atomic mass is 32.2. The van der Waals surface area contributed by atoms with Crippen molar-refractivity contribution in [2.75, 3.05) is 17.2 Å². The number of thiophene rings is 1. The molecule has 0 saturated carbocycles. The third-order valence-electron chi connectivity index (χ3n) is 5.87. The van der Waals surface area contributed by atoms with Crippen LogP contribution in [0, 0.1) is 6.92 Å². The lowest BCUT2D eigenvalue weighted by molar-refractivity contribution is -0.113. The van der Waals surface area contributed by atoms with Crippen molar-refractivity contribution in [3.8, 4) is 5.75 Å². The molecule has 36 heavy (non-hydrogen) atoms. The summed E-state index contributed by atoms with van der Waals surface area (Å²) in [7, 11) is 0. The highest BCUT2D eigenvalue weighted by molar-refractivity contribution is 7.98. The number of anilines is 2. The molecule has 0 spiro atoms. The number of amides is 1. The van der Waals surface area contributed by atoms with E-state index in [1.807, 2.05) is 66.4 Å². The van der Waals surface area contributed by atoms with Gasteiger partial charge in [0, 0.05) is 16.3 Å². The van der Waals surface area contributed by atoms with Gasteiger partial charge in [-0.05, 0) is 55.5 Å². The van der Waals surface area contributed by atoms with Gasteiger partial charge in [-0.15, -0.1) is 16.4 Å². The normalized spacial score (nSPS) is 14.8. The second kappa shape index (κ2) is 10.6. The summed E-state index contributed by atoms with van der Waals surface area (Å²) in [5, 5.41) is 13.9. The van der Waals surface area contributed by atoms with Crippen molar-refractivity contribution in [1.82, 2.24) is 14.8 Å². The summed E-state index contributed by atoms with van der Waals surface area (Å²) in [4.78, 5) is 19.6. The van der Waals surface area contributed by atoms with E-state index in [0.29, 0.717) is 34.7 Å². The Morgan fingerprint density at radius 1 is 1.14 bits per heavy atom. The van der Waals surface area contributed by atoms with Crippen LogP contribution in [0.25, 0.3) is 0 Å². The molecule has 1 unspecified atom stereocenters. The smallest absolute Gasteiger partial charge is 0.256 e. The van der Waals surface area contributed by atoms with E-state index in [1.165, 1.54) is 5.56 Å². The largest absolute Gasteiger partial charge is 0.492 e. The number of hydrogen-bond donors (Lipinski definition) is 2. The van der Waals surface area contributed by atoms with Gasteiger partial charge in [0.25, 0.3) is 5.91 Å². The van der Waals surface area contributed by atoms with Crippen LogP contribution in [0.1, 0.15) is 35.9 Å². The van der Waals surface area contributed by atoms with Crippen molar-refractivity contribution in [3.63, 3.8) is 0 Å². The van der Waals surface area contributed by atoms with Crippen molar-refractivity contribution in [2.45, 2.75) is 37.7 Å². The first kappa shape index (κ1) is 24.1. The summed E-state index contributed by atoms with van der Waals surface area (Å²) in [5.74, 6) is 1.83. The van der Waals surface area contributed by atoms with Gasteiger partial charge >= 0.3 is 0 Å². The minimum Gasteiger partial charge on any atom is -0.492 e. The zero-order valence-corrected chi connectivity index (χ0v) is 22.0. The van der Waals surface area contributed by atoms with Gasteiger partial charge in [-0.1, -0.05) is 54.2 Å². The van der Waals surface area contributed by atoms with Gasteiger partial charge in [0.2, 0.25) is 11.1 Å². The molecule has 2 N–H and O–H groups in total. The van der Waals surface area contributed by atoms with E-state index < -0.39 is 0 Å². The number of benzene rings is 2. The third kappa shape index (κ3) is 4.89. The Labute approximate surface area is 218 Å². The molecule has 1 aliphatic rings. The molecule has 0 aliphatic carbocycles. The molecule has 0 fully saturated rings. The number of nitrogens with one attached hydrogen (secondary N) is 2. The van der Waals surface area contributed by atoms with Gasteiger partial charge in [0.05, 0.1) is 17.9 Å². The standard InChI is InChI=1S/C27H27N5O2S2/c1-4-34-21-13-9-8-12-20(21)29-25(33)22-18(3)28-26-30-27(36-16-19-10-6-5-7-11-19)31-32(26)23(22)24-17(2)14-15-35-24/h5-15,23H,4,16H2,1-3H3,(H,29,33)(H,28,30,31). The van der Waals surface area contributed by atoms with Crippen molar-refractivity contribution in [3.05, 3.63) is 93.3 Å². The molecule has 0 radical (unpaired) electrons. The van der Waals surface area contributed by atoms with Crippen LogP contribution in [0.5, 0.6) is 5.75 Å². The van der Waals surface area contributed by atoms with Crippen LogP contribution in [-0.4, -0.2) is 27.3 Å². The third-order valence-corrected chi connectivity index (χ3v) is 7.85. The second-order valence-corrected chi connectivity index (χ2v) is 10.2. The Kier molecular flexibility index (Phi) is 7.11. The SMILES string of the molecule is CCOc1ccccc1NC(=O)C1=C(C)Nc2nc(SCc3ccccc3)nn2C1c1sccc1C. The molecule has 3 heterocycles. The van der Waals surface area contributed by atoms with E-state index in [0.717, 1.165) is 21.9 Å². The average Bonchev–Trinajstić information content (AvgIpc) is 3.49. The Hall–Kier alpha value is -3.56. The molecule has 4 aromatic rings. The first-order chi connectivity index (χ1) is 17.5. The zero-order chi connectivity index (χ0) is 25.1. The fourth-order valence-corrected chi connectivity index (χ4v) is 5.96. The van der Waals surface area contributed by atoms with E-state index in [4.69, 9.17) is 14.8 Å². The van der Waals surface area contributed by atoms with Crippen LogP contribution in [0.15, 0.2) is 82.5 Å². The monoisotopic (exact) mass is 517 g/mol. The fraction of sp³-hybridized carbons (Fsp3) is 0.222. The summed E-state index contributed by atoms with van der Waals surface area (Å²) in [5.41, 5.74) is 4.30. The van der Waals surface area contributed by atoms with E-state index >= 15 is 0 Å². The van der Waals surface area contributed by atoms with Gasteiger partial charge < -0.3 is 15.4 Å². The number of allylic oxidation sites excluding steroid dienone is 1. The average molecular weight is 518 g/mol. The minimum absolute atomic E-state index is 0.204. The van der Waals surface area contributed by atoms with Crippen LogP contribution < -0.4 is 15.4 Å². The number of thioether (sulfide) groups is 1. The maximum atomic E-state index is 13.8. The lowest BCUT2D eigenvalue weighted by Gasteiger charge is -2.28. The van der Waals surface area contributed by atoms with Gasteiger partial charge in [0.1, 0.15) is 11.8 Å². The minimum atomic E-state index is -0.390.